The number of oxazole rings is 1. The van der Waals surface area contributed by atoms with E-state index in [1.54, 1.807) is 0 Å². The molecule has 1 aliphatic heterocycles. The van der Waals surface area contributed by atoms with Crippen molar-refractivity contribution in [3.63, 3.8) is 0 Å². The summed E-state index contributed by atoms with van der Waals surface area (Å²) >= 11 is 0. The molecule has 1 fully saturated rings. The first kappa shape index (κ1) is 15.3. The van der Waals surface area contributed by atoms with Crippen molar-refractivity contribution in [3.05, 3.63) is 41.8 Å². The van der Waals surface area contributed by atoms with Crippen molar-refractivity contribution in [2.75, 3.05) is 13.1 Å². The third-order valence-corrected chi connectivity index (χ3v) is 4.90. The summed E-state index contributed by atoms with van der Waals surface area (Å²) in [6.07, 6.45) is 3.19. The monoisotopic (exact) mass is 325 g/mol. The van der Waals surface area contributed by atoms with Crippen LogP contribution >= 0.6 is 0 Å². The van der Waals surface area contributed by atoms with Gasteiger partial charge in [0, 0.05) is 25.9 Å². The zero-order chi connectivity index (χ0) is 16.5. The highest BCUT2D eigenvalue weighted by atomic mass is 16.3. The largest absolute Gasteiger partial charge is 0.440 e. The summed E-state index contributed by atoms with van der Waals surface area (Å²) in [6.45, 7) is 4.99. The number of piperidine rings is 1. The maximum atomic E-state index is 5.98. The lowest BCUT2D eigenvalue weighted by Crippen LogP contribution is -2.34. The molecule has 0 radical (unpaired) electrons. The van der Waals surface area contributed by atoms with E-state index >= 15 is 0 Å². The van der Waals surface area contributed by atoms with Crippen LogP contribution in [0.25, 0.3) is 11.1 Å². The average molecular weight is 325 g/mol. The van der Waals surface area contributed by atoms with Gasteiger partial charge in [0.05, 0.1) is 6.54 Å². The molecule has 6 nitrogen and oxygen atoms in total. The SMILES string of the molecule is CCc1nnc(CN2CCCC(c3nc4ccccc4o3)C2)n1C. The van der Waals surface area contributed by atoms with E-state index in [1.165, 1.54) is 0 Å². The molecule has 1 atom stereocenters. The van der Waals surface area contributed by atoms with Crippen molar-refractivity contribution in [3.8, 4) is 0 Å². The maximum absolute atomic E-state index is 5.98. The number of fused-ring (bicyclic) bond motifs is 1. The molecule has 0 aliphatic carbocycles. The van der Waals surface area contributed by atoms with Gasteiger partial charge in [-0.1, -0.05) is 19.1 Å². The summed E-state index contributed by atoms with van der Waals surface area (Å²) in [4.78, 5) is 7.12. The zero-order valence-corrected chi connectivity index (χ0v) is 14.3. The van der Waals surface area contributed by atoms with Gasteiger partial charge < -0.3 is 8.98 Å². The number of para-hydroxylation sites is 2. The molecule has 0 spiro atoms. The number of likely N-dealkylation sites (tertiary alicyclic amines) is 1. The molecule has 1 saturated heterocycles. The third kappa shape index (κ3) is 2.82. The van der Waals surface area contributed by atoms with Crippen LogP contribution in [0.3, 0.4) is 0 Å². The first-order valence-electron chi connectivity index (χ1n) is 8.69. The summed E-state index contributed by atoms with van der Waals surface area (Å²) < 4.78 is 8.09. The van der Waals surface area contributed by atoms with Crippen LogP contribution in [0, 0.1) is 0 Å². The molecule has 0 bridgehead atoms. The molecule has 4 rings (SSSR count). The standard InChI is InChI=1S/C18H23N5O/c1-3-16-20-21-17(22(16)2)12-23-10-6-7-13(11-23)18-19-14-8-4-5-9-15(14)24-18/h4-5,8-9,13H,3,6-7,10-12H2,1-2H3. The van der Waals surface area contributed by atoms with E-state index < -0.39 is 0 Å². The summed E-state index contributed by atoms with van der Waals surface area (Å²) in [5, 5.41) is 8.61. The fourth-order valence-electron chi connectivity index (χ4n) is 3.51. The second kappa shape index (κ2) is 6.36. The Hall–Kier alpha value is -2.21. The van der Waals surface area contributed by atoms with Crippen LogP contribution in [0.15, 0.2) is 28.7 Å². The van der Waals surface area contributed by atoms with E-state index in [-0.39, 0.29) is 0 Å². The molecule has 3 heterocycles. The van der Waals surface area contributed by atoms with Crippen molar-refractivity contribution in [1.82, 2.24) is 24.6 Å². The van der Waals surface area contributed by atoms with E-state index in [9.17, 15) is 0 Å². The van der Waals surface area contributed by atoms with E-state index in [4.69, 9.17) is 4.42 Å². The number of rotatable bonds is 4. The Bertz CT molecular complexity index is 804. The van der Waals surface area contributed by atoms with Crippen molar-refractivity contribution in [1.29, 1.82) is 0 Å². The fourth-order valence-corrected chi connectivity index (χ4v) is 3.51. The van der Waals surface area contributed by atoms with Gasteiger partial charge in [0.15, 0.2) is 11.5 Å². The molecular weight excluding hydrogens is 302 g/mol. The quantitative estimate of drug-likeness (QED) is 0.738. The Morgan fingerprint density at radius 1 is 1.21 bits per heavy atom. The Kier molecular flexibility index (Phi) is 4.06. The minimum atomic E-state index is 0.352. The van der Waals surface area contributed by atoms with Crippen molar-refractivity contribution in [2.45, 2.75) is 38.6 Å². The van der Waals surface area contributed by atoms with Crippen molar-refractivity contribution < 1.29 is 4.42 Å². The van der Waals surface area contributed by atoms with Gasteiger partial charge >= 0.3 is 0 Å². The molecule has 2 aromatic heterocycles. The molecular formula is C18H23N5O. The van der Waals surface area contributed by atoms with Crippen molar-refractivity contribution in [2.24, 2.45) is 7.05 Å². The van der Waals surface area contributed by atoms with E-state index in [0.717, 1.165) is 67.5 Å². The molecule has 0 amide bonds. The van der Waals surface area contributed by atoms with E-state index in [1.807, 2.05) is 24.3 Å². The Labute approximate surface area is 141 Å². The van der Waals surface area contributed by atoms with Gasteiger partial charge in [-0.3, -0.25) is 4.90 Å². The number of aryl methyl sites for hydroxylation is 1. The number of benzene rings is 1. The summed E-state index contributed by atoms with van der Waals surface area (Å²) in [5.41, 5.74) is 1.83. The van der Waals surface area contributed by atoms with Gasteiger partial charge in [-0.15, -0.1) is 10.2 Å². The predicted molar refractivity (Wildman–Crippen MR) is 91.6 cm³/mol. The molecule has 1 aromatic carbocycles. The van der Waals surface area contributed by atoms with Crippen LogP contribution in [0.2, 0.25) is 0 Å². The maximum Gasteiger partial charge on any atom is 0.199 e. The van der Waals surface area contributed by atoms with Gasteiger partial charge in [0.25, 0.3) is 0 Å². The van der Waals surface area contributed by atoms with Gasteiger partial charge in [-0.2, -0.15) is 0 Å². The highest BCUT2D eigenvalue weighted by molar-refractivity contribution is 5.72. The highest BCUT2D eigenvalue weighted by Gasteiger charge is 2.26. The van der Waals surface area contributed by atoms with Gasteiger partial charge in [0.2, 0.25) is 0 Å². The van der Waals surface area contributed by atoms with E-state index in [2.05, 4.69) is 38.6 Å². The van der Waals surface area contributed by atoms with Crippen LogP contribution in [0.1, 0.15) is 43.2 Å². The normalized spacial score (nSPS) is 19.2. The van der Waals surface area contributed by atoms with Crippen LogP contribution in [-0.4, -0.2) is 37.7 Å². The Morgan fingerprint density at radius 2 is 2.04 bits per heavy atom. The second-order valence-electron chi connectivity index (χ2n) is 6.54. The molecule has 0 N–H and O–H groups in total. The van der Waals surface area contributed by atoms with Crippen molar-refractivity contribution >= 4 is 11.1 Å². The van der Waals surface area contributed by atoms with Gasteiger partial charge in [0.1, 0.15) is 17.2 Å². The zero-order valence-electron chi connectivity index (χ0n) is 14.3. The first-order chi connectivity index (χ1) is 11.7. The lowest BCUT2D eigenvalue weighted by atomic mass is 9.98. The summed E-state index contributed by atoms with van der Waals surface area (Å²) in [6, 6.07) is 7.98. The molecule has 24 heavy (non-hydrogen) atoms. The van der Waals surface area contributed by atoms with Crippen LogP contribution in [0.5, 0.6) is 0 Å². The van der Waals surface area contributed by atoms with Gasteiger partial charge in [-0.05, 0) is 31.5 Å². The first-order valence-corrected chi connectivity index (χ1v) is 8.69. The topological polar surface area (TPSA) is 60.0 Å². The van der Waals surface area contributed by atoms with Crippen LogP contribution < -0.4 is 0 Å². The second-order valence-corrected chi connectivity index (χ2v) is 6.54. The molecule has 6 heteroatoms. The predicted octanol–water partition coefficient (Wildman–Crippen LogP) is 2.90. The van der Waals surface area contributed by atoms with Crippen LogP contribution in [0.4, 0.5) is 0 Å². The Morgan fingerprint density at radius 3 is 2.83 bits per heavy atom. The minimum absolute atomic E-state index is 0.352. The highest BCUT2D eigenvalue weighted by Crippen LogP contribution is 2.29. The smallest absolute Gasteiger partial charge is 0.199 e. The third-order valence-electron chi connectivity index (χ3n) is 4.90. The molecule has 126 valence electrons. The average Bonchev–Trinajstić information content (AvgIpc) is 3.19. The molecule has 0 saturated carbocycles. The lowest BCUT2D eigenvalue weighted by Gasteiger charge is -2.30. The fraction of sp³-hybridized carbons (Fsp3) is 0.500. The molecule has 1 aliphatic rings. The number of hydrogen-bond donors (Lipinski definition) is 0. The number of hydrogen-bond acceptors (Lipinski definition) is 5. The minimum Gasteiger partial charge on any atom is -0.440 e. The summed E-state index contributed by atoms with van der Waals surface area (Å²) in [5.74, 6) is 3.29. The lowest BCUT2D eigenvalue weighted by molar-refractivity contribution is 0.181. The van der Waals surface area contributed by atoms with Crippen LogP contribution in [-0.2, 0) is 20.0 Å². The van der Waals surface area contributed by atoms with Gasteiger partial charge in [-0.25, -0.2) is 4.98 Å². The Balaban J connectivity index is 1.49. The molecule has 3 aromatic rings. The molecule has 1 unspecified atom stereocenters. The number of nitrogens with zero attached hydrogens (tertiary/aromatic N) is 5. The van der Waals surface area contributed by atoms with E-state index in [0.29, 0.717) is 5.92 Å². The number of aromatic nitrogens is 4. The summed E-state index contributed by atoms with van der Waals surface area (Å²) in [7, 11) is 2.05.